The van der Waals surface area contributed by atoms with Crippen LogP contribution in [0.25, 0.3) is 0 Å². The summed E-state index contributed by atoms with van der Waals surface area (Å²) in [4.78, 5) is 12.5. The Morgan fingerprint density at radius 3 is 2.70 bits per heavy atom. The van der Waals surface area contributed by atoms with Crippen molar-refractivity contribution in [2.75, 3.05) is 13.1 Å². The van der Waals surface area contributed by atoms with Crippen LogP contribution in [-0.2, 0) is 10.3 Å². The van der Waals surface area contributed by atoms with E-state index in [1.165, 1.54) is 0 Å². The quantitative estimate of drug-likeness (QED) is 0.785. The number of rotatable bonds is 3. The number of nitrogens with one attached hydrogen (secondary N) is 2. The van der Waals surface area contributed by atoms with E-state index in [9.17, 15) is 4.79 Å². The van der Waals surface area contributed by atoms with Gasteiger partial charge in [-0.1, -0.05) is 35.0 Å². The summed E-state index contributed by atoms with van der Waals surface area (Å²) in [5.74, 6) is 0.312. The average molecular weight is 340 g/mol. The first kappa shape index (κ1) is 15.5. The average Bonchev–Trinajstić information content (AvgIpc) is 2.41. The van der Waals surface area contributed by atoms with Crippen LogP contribution in [0.1, 0.15) is 25.8 Å². The first-order chi connectivity index (χ1) is 9.41. The summed E-state index contributed by atoms with van der Waals surface area (Å²) in [5, 5.41) is 6.43. The fourth-order valence-corrected chi connectivity index (χ4v) is 2.74. The second-order valence-electron chi connectivity index (χ2n) is 5.76. The largest absolute Gasteiger partial charge is 0.351 e. The Morgan fingerprint density at radius 1 is 1.45 bits per heavy atom. The Labute approximate surface area is 128 Å². The minimum absolute atomic E-state index is 0.112. The van der Waals surface area contributed by atoms with Crippen molar-refractivity contribution >= 4 is 21.8 Å². The third-order valence-electron chi connectivity index (χ3n) is 4.02. The Bertz CT molecular complexity index is 473. The van der Waals surface area contributed by atoms with Crippen LogP contribution in [0.15, 0.2) is 28.7 Å². The number of halogens is 1. The molecule has 0 spiro atoms. The molecule has 0 saturated carbocycles. The van der Waals surface area contributed by atoms with Gasteiger partial charge in [-0.15, -0.1) is 0 Å². The number of amides is 1. The Balaban J connectivity index is 2.08. The Hall–Kier alpha value is -0.910. The predicted octanol–water partition coefficient (Wildman–Crippen LogP) is 1.74. The van der Waals surface area contributed by atoms with Gasteiger partial charge in [-0.05, 0) is 50.0 Å². The van der Waals surface area contributed by atoms with E-state index < -0.39 is 5.54 Å². The molecule has 1 aromatic rings. The summed E-state index contributed by atoms with van der Waals surface area (Å²) in [6.45, 7) is 5.78. The minimum Gasteiger partial charge on any atom is -0.351 e. The van der Waals surface area contributed by atoms with Crippen LogP contribution in [0.4, 0.5) is 0 Å². The number of carbonyl (C=O) groups excluding carboxylic acids is 1. The second kappa shape index (κ2) is 6.24. The van der Waals surface area contributed by atoms with E-state index in [0.717, 1.165) is 29.5 Å². The zero-order valence-corrected chi connectivity index (χ0v) is 13.5. The van der Waals surface area contributed by atoms with Crippen molar-refractivity contribution in [3.05, 3.63) is 34.3 Å². The normalized spacial score (nSPS) is 25.8. The highest BCUT2D eigenvalue weighted by atomic mass is 79.9. The third kappa shape index (κ3) is 3.40. The molecule has 2 rings (SSSR count). The van der Waals surface area contributed by atoms with E-state index in [-0.39, 0.29) is 11.9 Å². The third-order valence-corrected chi connectivity index (χ3v) is 4.55. The Morgan fingerprint density at radius 2 is 2.10 bits per heavy atom. The summed E-state index contributed by atoms with van der Waals surface area (Å²) in [6, 6.07) is 7.77. The van der Waals surface area contributed by atoms with Crippen LogP contribution in [0.5, 0.6) is 0 Å². The van der Waals surface area contributed by atoms with Crippen molar-refractivity contribution in [2.24, 2.45) is 11.7 Å². The van der Waals surface area contributed by atoms with Gasteiger partial charge in [0.25, 0.3) is 0 Å². The van der Waals surface area contributed by atoms with Gasteiger partial charge in [-0.2, -0.15) is 0 Å². The molecule has 20 heavy (non-hydrogen) atoms. The monoisotopic (exact) mass is 339 g/mol. The molecule has 1 amide bonds. The van der Waals surface area contributed by atoms with Crippen molar-refractivity contribution < 1.29 is 4.79 Å². The van der Waals surface area contributed by atoms with Crippen LogP contribution in [-0.4, -0.2) is 25.0 Å². The van der Waals surface area contributed by atoms with E-state index in [4.69, 9.17) is 5.73 Å². The van der Waals surface area contributed by atoms with Gasteiger partial charge >= 0.3 is 0 Å². The number of benzene rings is 1. The molecule has 0 aliphatic carbocycles. The highest BCUT2D eigenvalue weighted by Crippen LogP contribution is 2.22. The lowest BCUT2D eigenvalue weighted by molar-refractivity contribution is -0.127. The molecular weight excluding hydrogens is 318 g/mol. The molecule has 3 unspecified atom stereocenters. The van der Waals surface area contributed by atoms with E-state index in [1.54, 1.807) is 6.92 Å². The number of carbonyl (C=O) groups is 1. The summed E-state index contributed by atoms with van der Waals surface area (Å²) < 4.78 is 0.976. The maximum atomic E-state index is 12.5. The molecule has 4 nitrogen and oxygen atoms in total. The smallest absolute Gasteiger partial charge is 0.244 e. The highest BCUT2D eigenvalue weighted by molar-refractivity contribution is 9.10. The minimum atomic E-state index is -1.01. The van der Waals surface area contributed by atoms with Crippen LogP contribution in [0.2, 0.25) is 0 Å². The fourth-order valence-electron chi connectivity index (χ4n) is 2.47. The molecular formula is C15H22BrN3O. The van der Waals surface area contributed by atoms with Crippen molar-refractivity contribution in [1.29, 1.82) is 0 Å². The zero-order valence-electron chi connectivity index (χ0n) is 11.9. The molecule has 1 aliphatic heterocycles. The SMILES string of the molecule is CC1CNCCC1NC(=O)C(C)(N)c1ccc(Br)cc1. The van der Waals surface area contributed by atoms with E-state index in [0.29, 0.717) is 5.92 Å². The standard InChI is InChI=1S/C15H22BrN3O/c1-10-9-18-8-7-13(10)19-14(20)15(2,17)11-3-5-12(16)6-4-11/h3-6,10,13,18H,7-9,17H2,1-2H3,(H,19,20). The van der Waals surface area contributed by atoms with Gasteiger partial charge in [0.2, 0.25) is 5.91 Å². The number of hydrogen-bond donors (Lipinski definition) is 3. The number of piperidine rings is 1. The lowest BCUT2D eigenvalue weighted by Gasteiger charge is -2.33. The summed E-state index contributed by atoms with van der Waals surface area (Å²) in [5.41, 5.74) is 6.06. The highest BCUT2D eigenvalue weighted by Gasteiger charge is 2.33. The van der Waals surface area contributed by atoms with E-state index >= 15 is 0 Å². The van der Waals surface area contributed by atoms with Gasteiger partial charge in [0.05, 0.1) is 0 Å². The van der Waals surface area contributed by atoms with Gasteiger partial charge in [0.15, 0.2) is 0 Å². The van der Waals surface area contributed by atoms with Gasteiger partial charge in [0, 0.05) is 10.5 Å². The van der Waals surface area contributed by atoms with Crippen LogP contribution >= 0.6 is 15.9 Å². The zero-order chi connectivity index (χ0) is 14.8. The molecule has 1 saturated heterocycles. The molecule has 3 atom stereocenters. The maximum Gasteiger partial charge on any atom is 0.244 e. The summed E-state index contributed by atoms with van der Waals surface area (Å²) in [6.07, 6.45) is 0.948. The number of hydrogen-bond acceptors (Lipinski definition) is 3. The van der Waals surface area contributed by atoms with Crippen molar-refractivity contribution in [3.8, 4) is 0 Å². The molecule has 1 aliphatic rings. The molecule has 1 aromatic carbocycles. The fraction of sp³-hybridized carbons (Fsp3) is 0.533. The van der Waals surface area contributed by atoms with Gasteiger partial charge in [0.1, 0.15) is 5.54 Å². The second-order valence-corrected chi connectivity index (χ2v) is 6.67. The van der Waals surface area contributed by atoms with E-state index in [1.807, 2.05) is 24.3 Å². The molecule has 4 N–H and O–H groups in total. The molecule has 0 radical (unpaired) electrons. The van der Waals surface area contributed by atoms with Gasteiger partial charge < -0.3 is 16.4 Å². The van der Waals surface area contributed by atoms with Crippen LogP contribution < -0.4 is 16.4 Å². The van der Waals surface area contributed by atoms with E-state index in [2.05, 4.69) is 33.5 Å². The van der Waals surface area contributed by atoms with Crippen molar-refractivity contribution in [2.45, 2.75) is 31.8 Å². The summed E-state index contributed by atoms with van der Waals surface area (Å²) in [7, 11) is 0. The molecule has 0 bridgehead atoms. The molecule has 0 aromatic heterocycles. The van der Waals surface area contributed by atoms with Crippen molar-refractivity contribution in [1.82, 2.24) is 10.6 Å². The first-order valence-corrected chi connectivity index (χ1v) is 7.77. The number of nitrogens with two attached hydrogens (primary N) is 1. The lowest BCUT2D eigenvalue weighted by atomic mass is 9.89. The predicted molar refractivity (Wildman–Crippen MR) is 84.3 cm³/mol. The van der Waals surface area contributed by atoms with Crippen molar-refractivity contribution in [3.63, 3.8) is 0 Å². The van der Waals surface area contributed by atoms with Gasteiger partial charge in [-0.3, -0.25) is 4.79 Å². The molecule has 1 fully saturated rings. The maximum absolute atomic E-state index is 12.5. The topological polar surface area (TPSA) is 67.1 Å². The first-order valence-electron chi connectivity index (χ1n) is 6.98. The Kier molecular flexibility index (Phi) is 4.83. The summed E-state index contributed by atoms with van der Waals surface area (Å²) >= 11 is 3.39. The van der Waals surface area contributed by atoms with Crippen LogP contribution in [0, 0.1) is 5.92 Å². The lowest BCUT2D eigenvalue weighted by Crippen LogP contribution is -2.56. The van der Waals surface area contributed by atoms with Gasteiger partial charge in [-0.25, -0.2) is 0 Å². The molecule has 5 heteroatoms. The van der Waals surface area contributed by atoms with Crippen LogP contribution in [0.3, 0.4) is 0 Å². The molecule has 1 heterocycles. The molecule has 110 valence electrons.